The van der Waals surface area contributed by atoms with Crippen LogP contribution in [0.4, 0.5) is 20.4 Å². The number of anilines is 2. The first-order valence-corrected chi connectivity index (χ1v) is 16.4. The number of halogens is 2. The lowest BCUT2D eigenvalue weighted by Gasteiger charge is -2.38. The maximum atomic E-state index is 12.4. The highest BCUT2D eigenvalue weighted by Gasteiger charge is 2.29. The van der Waals surface area contributed by atoms with Crippen molar-refractivity contribution < 1.29 is 27.7 Å². The molecule has 1 N–H and O–H groups in total. The highest BCUT2D eigenvalue weighted by molar-refractivity contribution is 5.67. The topological polar surface area (TPSA) is 163 Å². The predicted molar refractivity (Wildman–Crippen MR) is 171 cm³/mol. The molecule has 17 heteroatoms. The van der Waals surface area contributed by atoms with E-state index in [1.165, 1.54) is 6.33 Å². The number of hydrogen-bond acceptors (Lipinski definition) is 13. The summed E-state index contributed by atoms with van der Waals surface area (Å²) in [6, 6.07) is 8.20. The molecule has 1 atom stereocenters. The third-order valence-electron chi connectivity index (χ3n) is 8.57. The molecule has 4 aromatic rings. The van der Waals surface area contributed by atoms with Gasteiger partial charge in [0.25, 0.3) is 5.88 Å². The number of hydrogen-bond donors (Lipinski definition) is 1. The molecule has 4 heterocycles. The molecule has 1 saturated heterocycles. The Morgan fingerprint density at radius 2 is 1.84 bits per heavy atom. The Morgan fingerprint density at radius 1 is 1.06 bits per heavy atom. The van der Waals surface area contributed by atoms with Crippen molar-refractivity contribution in [2.24, 2.45) is 0 Å². The maximum absolute atomic E-state index is 12.4. The fraction of sp³-hybridized carbons (Fsp3) is 0.531. The number of ether oxygens (including phenoxy) is 4. The van der Waals surface area contributed by atoms with Crippen LogP contribution in [-0.2, 0) is 16.0 Å². The second kappa shape index (κ2) is 16.5. The second-order valence-electron chi connectivity index (χ2n) is 12.0. The number of nitriles is 1. The summed E-state index contributed by atoms with van der Waals surface area (Å²) >= 11 is 0. The third-order valence-corrected chi connectivity index (χ3v) is 8.57. The van der Waals surface area contributed by atoms with Gasteiger partial charge >= 0.3 is 6.61 Å². The van der Waals surface area contributed by atoms with Crippen LogP contribution in [0.1, 0.15) is 50.6 Å². The third kappa shape index (κ3) is 9.22. The maximum Gasteiger partial charge on any atom is 0.345 e. The SMILES string of the molecule is C[C@@H](Cn1cnnn1)Oc1cc(-c2cnc(Nc3cn(C4CCC(N5CCOCC5)CC4)nc3OCCCOC(F)F)nc2)ccc1C#N. The van der Waals surface area contributed by atoms with Gasteiger partial charge in [-0.05, 0) is 60.7 Å². The van der Waals surface area contributed by atoms with Crippen LogP contribution in [0.3, 0.4) is 0 Å². The van der Waals surface area contributed by atoms with Crippen molar-refractivity contribution in [2.45, 2.75) is 70.4 Å². The van der Waals surface area contributed by atoms with Gasteiger partial charge in [-0.25, -0.2) is 14.6 Å². The Morgan fingerprint density at radius 3 is 2.55 bits per heavy atom. The van der Waals surface area contributed by atoms with Crippen LogP contribution >= 0.6 is 0 Å². The normalized spacial score (nSPS) is 19.0. The molecule has 2 aliphatic rings. The highest BCUT2D eigenvalue weighted by atomic mass is 19.3. The van der Waals surface area contributed by atoms with E-state index in [2.05, 4.69) is 46.5 Å². The lowest BCUT2D eigenvalue weighted by molar-refractivity contribution is -0.130. The first kappa shape index (κ1) is 34.1. The fourth-order valence-electron chi connectivity index (χ4n) is 6.12. The molecule has 0 bridgehead atoms. The first-order chi connectivity index (χ1) is 23.9. The van der Waals surface area contributed by atoms with Crippen molar-refractivity contribution in [3.8, 4) is 28.8 Å². The summed E-state index contributed by atoms with van der Waals surface area (Å²) in [6.07, 6.45) is 10.8. The number of aromatic nitrogens is 8. The summed E-state index contributed by atoms with van der Waals surface area (Å²) in [7, 11) is 0. The molecule has 0 unspecified atom stereocenters. The number of alkyl halides is 2. The Labute approximate surface area is 282 Å². The van der Waals surface area contributed by atoms with Gasteiger partial charge in [0, 0.05) is 43.5 Å². The van der Waals surface area contributed by atoms with Crippen molar-refractivity contribution in [3.05, 3.63) is 48.7 Å². The molecule has 15 nitrogen and oxygen atoms in total. The van der Waals surface area contributed by atoms with Crippen LogP contribution in [-0.4, -0.2) is 103 Å². The van der Waals surface area contributed by atoms with Gasteiger partial charge in [-0.15, -0.1) is 10.2 Å². The molecule has 1 aliphatic carbocycles. The molecule has 1 saturated carbocycles. The molecule has 0 radical (unpaired) electrons. The van der Waals surface area contributed by atoms with Gasteiger partial charge in [0.2, 0.25) is 5.95 Å². The largest absolute Gasteiger partial charge is 0.487 e. The lowest BCUT2D eigenvalue weighted by atomic mass is 9.90. The number of benzene rings is 1. The molecule has 6 rings (SSSR count). The summed E-state index contributed by atoms with van der Waals surface area (Å²) in [5.74, 6) is 1.09. The Hall–Kier alpha value is -4.79. The monoisotopic (exact) mass is 679 g/mol. The van der Waals surface area contributed by atoms with E-state index in [4.69, 9.17) is 19.3 Å². The van der Waals surface area contributed by atoms with E-state index in [-0.39, 0.29) is 31.8 Å². The van der Waals surface area contributed by atoms with Gasteiger partial charge < -0.3 is 24.3 Å². The molecule has 0 spiro atoms. The summed E-state index contributed by atoms with van der Waals surface area (Å²) < 4.78 is 50.2. The minimum absolute atomic E-state index is 0.127. The van der Waals surface area contributed by atoms with E-state index >= 15 is 0 Å². The van der Waals surface area contributed by atoms with Gasteiger partial charge in [-0.3, -0.25) is 9.58 Å². The van der Waals surface area contributed by atoms with Crippen molar-refractivity contribution in [3.63, 3.8) is 0 Å². The van der Waals surface area contributed by atoms with Crippen molar-refractivity contribution in [1.82, 2.24) is 44.9 Å². The standard InChI is InChI=1S/C32H39F2N11O4/c1-22(19-44-21-38-41-42-44)49-29-15-23(3-4-24(29)16-35)25-17-36-32(37-18-25)39-28-20-45(40-30(28)47-11-2-12-48-31(33)34)27-7-5-26(6-8-27)43-9-13-46-14-10-43/h3-4,15,17-18,20-22,26-27,31H,2,5-14,19H2,1H3,(H,36,37,39)/t22-,26?,27?/m0/s1. The number of tetrazole rings is 1. The van der Waals surface area contributed by atoms with E-state index in [0.717, 1.165) is 63.1 Å². The van der Waals surface area contributed by atoms with E-state index in [0.29, 0.717) is 41.4 Å². The van der Waals surface area contributed by atoms with Gasteiger partial charge in [-0.1, -0.05) is 6.07 Å². The quantitative estimate of drug-likeness (QED) is 0.178. The van der Waals surface area contributed by atoms with Gasteiger partial charge in [0.1, 0.15) is 29.9 Å². The zero-order valence-electron chi connectivity index (χ0n) is 27.2. The molecule has 260 valence electrons. The minimum Gasteiger partial charge on any atom is -0.487 e. The number of nitrogens with one attached hydrogen (secondary N) is 1. The van der Waals surface area contributed by atoms with Crippen LogP contribution < -0.4 is 14.8 Å². The molecule has 49 heavy (non-hydrogen) atoms. The van der Waals surface area contributed by atoms with Gasteiger partial charge in [-0.2, -0.15) is 14.0 Å². The average molecular weight is 680 g/mol. The van der Waals surface area contributed by atoms with Crippen LogP contribution in [0.15, 0.2) is 43.1 Å². The fourth-order valence-corrected chi connectivity index (χ4v) is 6.12. The zero-order valence-corrected chi connectivity index (χ0v) is 27.2. The molecule has 3 aromatic heterocycles. The molecule has 2 fully saturated rings. The molecular weight excluding hydrogens is 640 g/mol. The molecule has 1 aromatic carbocycles. The average Bonchev–Trinajstić information content (AvgIpc) is 3.78. The van der Waals surface area contributed by atoms with E-state index in [1.54, 1.807) is 29.2 Å². The van der Waals surface area contributed by atoms with Crippen LogP contribution in [0.2, 0.25) is 0 Å². The van der Waals surface area contributed by atoms with E-state index in [9.17, 15) is 14.0 Å². The summed E-state index contributed by atoms with van der Waals surface area (Å²) in [5, 5.41) is 28.7. The first-order valence-electron chi connectivity index (χ1n) is 16.4. The predicted octanol–water partition coefficient (Wildman–Crippen LogP) is 4.23. The highest BCUT2D eigenvalue weighted by Crippen LogP contribution is 2.35. The summed E-state index contributed by atoms with van der Waals surface area (Å²) in [6.45, 7) is 2.99. The Balaban J connectivity index is 1.13. The number of nitrogens with zero attached hydrogens (tertiary/aromatic N) is 10. The Bertz CT molecular complexity index is 1650. The lowest BCUT2D eigenvalue weighted by Crippen LogP contribution is -2.45. The molecule has 0 amide bonds. The van der Waals surface area contributed by atoms with E-state index < -0.39 is 6.61 Å². The molecule has 1 aliphatic heterocycles. The second-order valence-corrected chi connectivity index (χ2v) is 12.0. The van der Waals surface area contributed by atoms with E-state index in [1.807, 2.05) is 23.9 Å². The molecular formula is C32H39F2N11O4. The zero-order chi connectivity index (χ0) is 34.0. The van der Waals surface area contributed by atoms with Crippen LogP contribution in [0.25, 0.3) is 11.1 Å². The van der Waals surface area contributed by atoms with Crippen LogP contribution in [0, 0.1) is 11.3 Å². The van der Waals surface area contributed by atoms with Gasteiger partial charge in [0.05, 0.1) is 50.8 Å². The number of rotatable bonds is 15. The van der Waals surface area contributed by atoms with Crippen molar-refractivity contribution >= 4 is 11.6 Å². The number of morpholine rings is 1. The summed E-state index contributed by atoms with van der Waals surface area (Å²) in [4.78, 5) is 11.6. The Kier molecular flexibility index (Phi) is 11.5. The van der Waals surface area contributed by atoms with Crippen molar-refractivity contribution in [2.75, 3.05) is 44.8 Å². The van der Waals surface area contributed by atoms with Gasteiger partial charge in [0.15, 0.2) is 0 Å². The summed E-state index contributed by atoms with van der Waals surface area (Å²) in [5.41, 5.74) is 2.46. The smallest absolute Gasteiger partial charge is 0.345 e. The van der Waals surface area contributed by atoms with Crippen LogP contribution in [0.5, 0.6) is 11.6 Å². The minimum atomic E-state index is -2.82. The van der Waals surface area contributed by atoms with Crippen molar-refractivity contribution in [1.29, 1.82) is 5.26 Å².